The molecule has 0 radical (unpaired) electrons. The molecule has 0 atom stereocenters. The Morgan fingerprint density at radius 2 is 1.70 bits per heavy atom. The highest BCUT2D eigenvalue weighted by Crippen LogP contribution is 2.25. The fourth-order valence-electron chi connectivity index (χ4n) is 2.94. The van der Waals surface area contributed by atoms with Crippen LogP contribution in [-0.4, -0.2) is 30.1 Å². The zero-order valence-electron chi connectivity index (χ0n) is 11.8. The quantitative estimate of drug-likeness (QED) is 0.914. The van der Waals surface area contributed by atoms with Crippen LogP contribution in [0.2, 0.25) is 0 Å². The molecule has 1 aliphatic carbocycles. The van der Waals surface area contributed by atoms with Crippen molar-refractivity contribution in [3.05, 3.63) is 24.3 Å². The smallest absolute Gasteiger partial charge is 0.321 e. The molecule has 20 heavy (non-hydrogen) atoms. The molecule has 4 nitrogen and oxygen atoms in total. The summed E-state index contributed by atoms with van der Waals surface area (Å²) in [5.41, 5.74) is 0.834. The van der Waals surface area contributed by atoms with E-state index in [1.165, 1.54) is 12.8 Å². The van der Waals surface area contributed by atoms with Crippen LogP contribution in [0.15, 0.2) is 24.3 Å². The lowest BCUT2D eigenvalue weighted by Gasteiger charge is -2.17. The van der Waals surface area contributed by atoms with Crippen LogP contribution in [0.5, 0.6) is 5.75 Å². The van der Waals surface area contributed by atoms with Crippen LogP contribution in [0.3, 0.4) is 0 Å². The van der Waals surface area contributed by atoms with Crippen LogP contribution in [0, 0.1) is 0 Å². The molecule has 0 unspecified atom stereocenters. The van der Waals surface area contributed by atoms with Gasteiger partial charge in [0.25, 0.3) is 0 Å². The molecule has 0 bridgehead atoms. The summed E-state index contributed by atoms with van der Waals surface area (Å²) in [7, 11) is 0. The van der Waals surface area contributed by atoms with Crippen molar-refractivity contribution in [2.75, 3.05) is 18.4 Å². The fraction of sp³-hybridized carbons (Fsp3) is 0.562. The predicted octanol–water partition coefficient (Wildman–Crippen LogP) is 3.64. The molecule has 108 valence electrons. The summed E-state index contributed by atoms with van der Waals surface area (Å²) in [6.07, 6.45) is 7.47. The number of nitrogens with one attached hydrogen (secondary N) is 1. The maximum Gasteiger partial charge on any atom is 0.321 e. The van der Waals surface area contributed by atoms with E-state index in [0.29, 0.717) is 6.10 Å². The monoisotopic (exact) mass is 274 g/mol. The van der Waals surface area contributed by atoms with Crippen LogP contribution in [0.1, 0.15) is 38.5 Å². The third kappa shape index (κ3) is 3.24. The summed E-state index contributed by atoms with van der Waals surface area (Å²) in [5, 5.41) is 2.94. The number of carbonyl (C=O) groups excluding carboxylic acids is 1. The van der Waals surface area contributed by atoms with E-state index >= 15 is 0 Å². The number of benzene rings is 1. The van der Waals surface area contributed by atoms with Gasteiger partial charge in [0.05, 0.1) is 6.10 Å². The van der Waals surface area contributed by atoms with Gasteiger partial charge in [-0.15, -0.1) is 0 Å². The molecule has 1 aromatic carbocycles. The van der Waals surface area contributed by atoms with Crippen molar-refractivity contribution in [1.29, 1.82) is 0 Å². The van der Waals surface area contributed by atoms with Crippen molar-refractivity contribution >= 4 is 11.7 Å². The number of anilines is 1. The molecular weight excluding hydrogens is 252 g/mol. The lowest BCUT2D eigenvalue weighted by molar-refractivity contribution is 0.210. The van der Waals surface area contributed by atoms with E-state index in [1.54, 1.807) is 0 Å². The highest BCUT2D eigenvalue weighted by atomic mass is 16.5. The van der Waals surface area contributed by atoms with Gasteiger partial charge in [0.1, 0.15) is 5.75 Å². The predicted molar refractivity (Wildman–Crippen MR) is 79.2 cm³/mol. The highest BCUT2D eigenvalue weighted by molar-refractivity contribution is 5.89. The van der Waals surface area contributed by atoms with Crippen molar-refractivity contribution in [2.24, 2.45) is 0 Å². The largest absolute Gasteiger partial charge is 0.490 e. The Balaban J connectivity index is 1.53. The summed E-state index contributed by atoms with van der Waals surface area (Å²) in [6.45, 7) is 1.74. The molecule has 2 fully saturated rings. The Morgan fingerprint density at radius 1 is 1.05 bits per heavy atom. The molecule has 1 N–H and O–H groups in total. The second kappa shape index (κ2) is 6.16. The van der Waals surface area contributed by atoms with E-state index in [1.807, 2.05) is 29.2 Å². The van der Waals surface area contributed by atoms with Crippen LogP contribution in [0.4, 0.5) is 10.5 Å². The fourth-order valence-corrected chi connectivity index (χ4v) is 2.94. The molecule has 2 amide bonds. The zero-order valence-corrected chi connectivity index (χ0v) is 11.8. The van der Waals surface area contributed by atoms with Gasteiger partial charge in [0.15, 0.2) is 0 Å². The van der Waals surface area contributed by atoms with Gasteiger partial charge in [-0.3, -0.25) is 0 Å². The number of nitrogens with zero attached hydrogens (tertiary/aromatic N) is 1. The summed E-state index contributed by atoms with van der Waals surface area (Å²) in [5.74, 6) is 0.899. The highest BCUT2D eigenvalue weighted by Gasteiger charge is 2.18. The number of hydrogen-bond donors (Lipinski definition) is 1. The van der Waals surface area contributed by atoms with Crippen LogP contribution < -0.4 is 10.1 Å². The minimum absolute atomic E-state index is 0.00645. The number of rotatable bonds is 3. The number of likely N-dealkylation sites (tertiary alicyclic amines) is 1. The van der Waals surface area contributed by atoms with E-state index in [0.717, 1.165) is 50.2 Å². The lowest BCUT2D eigenvalue weighted by Crippen LogP contribution is -2.32. The molecule has 1 heterocycles. The van der Waals surface area contributed by atoms with E-state index in [2.05, 4.69) is 5.32 Å². The Bertz CT molecular complexity index is 446. The second-order valence-corrected chi connectivity index (χ2v) is 5.67. The van der Waals surface area contributed by atoms with Gasteiger partial charge in [-0.1, -0.05) is 0 Å². The number of carbonyl (C=O) groups is 1. The molecule has 2 aliphatic rings. The molecule has 1 saturated heterocycles. The summed E-state index contributed by atoms with van der Waals surface area (Å²) in [6, 6.07) is 7.72. The lowest BCUT2D eigenvalue weighted by atomic mass is 10.3. The van der Waals surface area contributed by atoms with E-state index < -0.39 is 0 Å². The van der Waals surface area contributed by atoms with Crippen molar-refractivity contribution in [1.82, 2.24) is 4.90 Å². The Kier molecular flexibility index (Phi) is 4.09. The Labute approximate surface area is 120 Å². The molecule has 3 rings (SSSR count). The first-order valence-corrected chi connectivity index (χ1v) is 7.64. The number of amides is 2. The first kappa shape index (κ1) is 13.3. The number of hydrogen-bond acceptors (Lipinski definition) is 2. The number of ether oxygens (including phenoxy) is 1. The molecule has 0 spiro atoms. The SMILES string of the molecule is O=C(Nc1ccc(OC2CCCC2)cc1)N1CCCC1. The summed E-state index contributed by atoms with van der Waals surface area (Å²) < 4.78 is 5.91. The zero-order chi connectivity index (χ0) is 13.8. The first-order valence-electron chi connectivity index (χ1n) is 7.64. The third-order valence-corrected chi connectivity index (χ3v) is 4.10. The molecule has 4 heteroatoms. The van der Waals surface area contributed by atoms with Gasteiger partial charge in [-0.25, -0.2) is 4.79 Å². The maximum absolute atomic E-state index is 12.0. The van der Waals surface area contributed by atoms with Crippen molar-refractivity contribution < 1.29 is 9.53 Å². The van der Waals surface area contributed by atoms with Gasteiger partial charge >= 0.3 is 6.03 Å². The van der Waals surface area contributed by atoms with Gasteiger partial charge in [0.2, 0.25) is 0 Å². The average Bonchev–Trinajstić information content (AvgIpc) is 3.13. The molecule has 0 aromatic heterocycles. The van der Waals surface area contributed by atoms with E-state index in [4.69, 9.17) is 4.74 Å². The topological polar surface area (TPSA) is 41.6 Å². The summed E-state index contributed by atoms with van der Waals surface area (Å²) in [4.78, 5) is 13.8. The minimum Gasteiger partial charge on any atom is -0.490 e. The number of urea groups is 1. The minimum atomic E-state index is 0.00645. The first-order chi connectivity index (χ1) is 9.81. The van der Waals surface area contributed by atoms with Gasteiger partial charge in [-0.2, -0.15) is 0 Å². The standard InChI is InChI=1S/C16H22N2O2/c19-16(18-11-3-4-12-18)17-13-7-9-15(10-8-13)20-14-5-1-2-6-14/h7-10,14H,1-6,11-12H2,(H,17,19). The molecule has 1 aliphatic heterocycles. The van der Waals surface area contributed by atoms with E-state index in [9.17, 15) is 4.79 Å². The second-order valence-electron chi connectivity index (χ2n) is 5.67. The van der Waals surface area contributed by atoms with Crippen LogP contribution in [0.25, 0.3) is 0 Å². The maximum atomic E-state index is 12.0. The van der Waals surface area contributed by atoms with Gasteiger partial charge in [0, 0.05) is 18.8 Å². The van der Waals surface area contributed by atoms with Crippen LogP contribution in [-0.2, 0) is 0 Å². The van der Waals surface area contributed by atoms with Gasteiger partial charge in [-0.05, 0) is 62.8 Å². The van der Waals surface area contributed by atoms with Gasteiger partial charge < -0.3 is 15.0 Å². The molecule has 1 aromatic rings. The Morgan fingerprint density at radius 3 is 2.35 bits per heavy atom. The van der Waals surface area contributed by atoms with Crippen molar-refractivity contribution in [3.63, 3.8) is 0 Å². The van der Waals surface area contributed by atoms with Crippen LogP contribution >= 0.6 is 0 Å². The van der Waals surface area contributed by atoms with Crippen molar-refractivity contribution in [3.8, 4) is 5.75 Å². The molecular formula is C16H22N2O2. The molecule has 1 saturated carbocycles. The normalized spacial score (nSPS) is 19.3. The summed E-state index contributed by atoms with van der Waals surface area (Å²) >= 11 is 0. The van der Waals surface area contributed by atoms with Crippen molar-refractivity contribution in [2.45, 2.75) is 44.6 Å². The Hall–Kier alpha value is -1.71. The average molecular weight is 274 g/mol. The third-order valence-electron chi connectivity index (χ3n) is 4.10. The van der Waals surface area contributed by atoms with E-state index in [-0.39, 0.29) is 6.03 Å².